The van der Waals surface area contributed by atoms with E-state index in [0.717, 1.165) is 10.9 Å². The lowest BCUT2D eigenvalue weighted by Gasteiger charge is -2.19. The van der Waals surface area contributed by atoms with Crippen LogP contribution in [0.2, 0.25) is 0 Å². The molecule has 0 aliphatic heterocycles. The number of carbonyl (C=O) groups excluding carboxylic acids is 1. The van der Waals surface area contributed by atoms with E-state index in [4.69, 9.17) is 4.74 Å². The molecule has 24 heavy (non-hydrogen) atoms. The number of carbonyl (C=O) groups is 2. The summed E-state index contributed by atoms with van der Waals surface area (Å²) in [6.45, 7) is 7.84. The van der Waals surface area contributed by atoms with Crippen LogP contribution in [0.25, 0.3) is 10.9 Å². The van der Waals surface area contributed by atoms with Crippen molar-refractivity contribution in [3.63, 3.8) is 0 Å². The molecule has 1 heterocycles. The van der Waals surface area contributed by atoms with Crippen molar-refractivity contribution in [1.82, 2.24) is 9.88 Å². The fraction of sp³-hybridized carbons (Fsp3) is 0.444. The number of aliphatic carboxylic acids is 1. The molecule has 0 spiro atoms. The summed E-state index contributed by atoms with van der Waals surface area (Å²) in [7, 11) is 0. The number of para-hydroxylation sites is 1. The second-order valence-corrected chi connectivity index (χ2v) is 6.67. The molecule has 6 heteroatoms. The van der Waals surface area contributed by atoms with Gasteiger partial charge in [0, 0.05) is 18.0 Å². The Bertz CT molecular complexity index is 743. The third-order valence-corrected chi connectivity index (χ3v) is 3.56. The lowest BCUT2D eigenvalue weighted by atomic mass is 10.1. The molecule has 1 aromatic carbocycles. The van der Waals surface area contributed by atoms with Crippen molar-refractivity contribution in [2.75, 3.05) is 6.54 Å². The molecule has 0 fully saturated rings. The van der Waals surface area contributed by atoms with Crippen LogP contribution >= 0.6 is 0 Å². The fourth-order valence-electron chi connectivity index (χ4n) is 2.59. The van der Waals surface area contributed by atoms with Crippen molar-refractivity contribution in [3.8, 4) is 0 Å². The summed E-state index contributed by atoms with van der Waals surface area (Å²) in [4.78, 5) is 23.8. The van der Waals surface area contributed by atoms with Gasteiger partial charge < -0.3 is 15.2 Å². The number of rotatable bonds is 5. The van der Waals surface area contributed by atoms with Crippen LogP contribution in [0.3, 0.4) is 0 Å². The molecule has 1 aromatic heterocycles. The van der Waals surface area contributed by atoms with E-state index in [9.17, 15) is 14.7 Å². The maximum Gasteiger partial charge on any atom is 0.419 e. The molecule has 2 aromatic rings. The van der Waals surface area contributed by atoms with Gasteiger partial charge in [0.05, 0.1) is 5.52 Å². The summed E-state index contributed by atoms with van der Waals surface area (Å²) in [6, 6.07) is 6.72. The van der Waals surface area contributed by atoms with Crippen LogP contribution in [0.5, 0.6) is 0 Å². The minimum Gasteiger partial charge on any atom is -0.480 e. The number of aromatic nitrogens is 1. The molecule has 0 saturated carbocycles. The smallest absolute Gasteiger partial charge is 0.419 e. The van der Waals surface area contributed by atoms with Crippen molar-refractivity contribution in [2.24, 2.45) is 0 Å². The molecule has 0 aliphatic carbocycles. The van der Waals surface area contributed by atoms with E-state index in [0.29, 0.717) is 18.5 Å². The fourth-order valence-corrected chi connectivity index (χ4v) is 2.59. The molecular formula is C18H24N2O4. The molecule has 0 radical (unpaired) electrons. The number of hydrogen-bond donors (Lipinski definition) is 2. The van der Waals surface area contributed by atoms with Crippen molar-refractivity contribution >= 4 is 23.0 Å². The minimum absolute atomic E-state index is 0.291. The van der Waals surface area contributed by atoms with E-state index in [1.54, 1.807) is 6.20 Å². The molecule has 0 bridgehead atoms. The van der Waals surface area contributed by atoms with Gasteiger partial charge in [-0.2, -0.15) is 0 Å². The van der Waals surface area contributed by atoms with Gasteiger partial charge in [0.25, 0.3) is 0 Å². The number of fused-ring (bicyclic) bond motifs is 1. The summed E-state index contributed by atoms with van der Waals surface area (Å²) in [5.41, 5.74) is 0.905. The Balaban J connectivity index is 2.41. The maximum atomic E-state index is 12.4. The number of likely N-dealkylation sites (N-methyl/N-ethyl adjacent to an activating group) is 1. The Hall–Kier alpha value is -2.34. The summed E-state index contributed by atoms with van der Waals surface area (Å²) in [5, 5.41) is 13.1. The van der Waals surface area contributed by atoms with Crippen LogP contribution in [0.15, 0.2) is 30.5 Å². The Morgan fingerprint density at radius 2 is 1.96 bits per heavy atom. The molecule has 130 valence electrons. The predicted octanol–water partition coefficient (Wildman–Crippen LogP) is 3.03. The Kier molecular flexibility index (Phi) is 5.29. The van der Waals surface area contributed by atoms with E-state index in [1.807, 2.05) is 52.0 Å². The Morgan fingerprint density at radius 3 is 2.54 bits per heavy atom. The second kappa shape index (κ2) is 7.05. The highest BCUT2D eigenvalue weighted by Gasteiger charge is 2.23. The molecule has 6 nitrogen and oxygen atoms in total. The predicted molar refractivity (Wildman–Crippen MR) is 92.4 cm³/mol. The first-order valence-corrected chi connectivity index (χ1v) is 8.01. The Labute approximate surface area is 141 Å². The van der Waals surface area contributed by atoms with Gasteiger partial charge in [-0.15, -0.1) is 0 Å². The van der Waals surface area contributed by atoms with Crippen molar-refractivity contribution in [2.45, 2.75) is 45.8 Å². The van der Waals surface area contributed by atoms with Gasteiger partial charge in [0.1, 0.15) is 11.6 Å². The first kappa shape index (κ1) is 18.0. The number of hydrogen-bond acceptors (Lipinski definition) is 4. The lowest BCUT2D eigenvalue weighted by Crippen LogP contribution is -2.38. The van der Waals surface area contributed by atoms with Crippen LogP contribution in [0, 0.1) is 0 Å². The number of benzene rings is 1. The monoisotopic (exact) mass is 332 g/mol. The first-order chi connectivity index (χ1) is 11.2. The topological polar surface area (TPSA) is 80.6 Å². The zero-order valence-corrected chi connectivity index (χ0v) is 14.5. The number of carboxylic acids is 1. The number of nitrogens with zero attached hydrogens (tertiary/aromatic N) is 1. The zero-order chi connectivity index (χ0) is 17.9. The number of nitrogens with one attached hydrogen (secondary N) is 1. The summed E-state index contributed by atoms with van der Waals surface area (Å²) in [6.07, 6.45) is 1.49. The van der Waals surface area contributed by atoms with Crippen LogP contribution in [0.1, 0.15) is 33.3 Å². The molecular weight excluding hydrogens is 308 g/mol. The van der Waals surface area contributed by atoms with Crippen molar-refractivity contribution in [1.29, 1.82) is 0 Å². The SMILES string of the molecule is CCNC(Cc1cn(C(=O)OC(C)(C)C)c2ccccc12)C(=O)O. The normalized spacial score (nSPS) is 13.0. The van der Waals surface area contributed by atoms with Crippen LogP contribution in [-0.2, 0) is 16.0 Å². The van der Waals surface area contributed by atoms with Gasteiger partial charge in [-0.3, -0.25) is 9.36 Å². The lowest BCUT2D eigenvalue weighted by molar-refractivity contribution is -0.139. The highest BCUT2D eigenvalue weighted by atomic mass is 16.6. The van der Waals surface area contributed by atoms with Crippen LogP contribution < -0.4 is 5.32 Å². The average molecular weight is 332 g/mol. The molecule has 0 saturated heterocycles. The van der Waals surface area contributed by atoms with Crippen LogP contribution in [-0.4, -0.2) is 39.9 Å². The van der Waals surface area contributed by atoms with E-state index in [-0.39, 0.29) is 0 Å². The van der Waals surface area contributed by atoms with Gasteiger partial charge >= 0.3 is 12.1 Å². The molecule has 1 unspecified atom stereocenters. The van der Waals surface area contributed by atoms with E-state index >= 15 is 0 Å². The maximum absolute atomic E-state index is 12.4. The van der Waals surface area contributed by atoms with E-state index in [1.165, 1.54) is 4.57 Å². The largest absolute Gasteiger partial charge is 0.480 e. The first-order valence-electron chi connectivity index (χ1n) is 8.01. The minimum atomic E-state index is -0.911. The van der Waals surface area contributed by atoms with Gasteiger partial charge in [-0.05, 0) is 38.9 Å². The highest BCUT2D eigenvalue weighted by molar-refractivity contribution is 5.92. The second-order valence-electron chi connectivity index (χ2n) is 6.67. The quantitative estimate of drug-likeness (QED) is 0.879. The van der Waals surface area contributed by atoms with Gasteiger partial charge in [0.2, 0.25) is 0 Å². The number of carboxylic acid groups (broad SMARTS) is 1. The zero-order valence-electron chi connectivity index (χ0n) is 14.5. The summed E-state index contributed by atoms with van der Waals surface area (Å²) < 4.78 is 6.88. The molecule has 0 amide bonds. The third-order valence-electron chi connectivity index (χ3n) is 3.56. The third kappa shape index (κ3) is 4.14. The van der Waals surface area contributed by atoms with E-state index < -0.39 is 23.7 Å². The highest BCUT2D eigenvalue weighted by Crippen LogP contribution is 2.24. The van der Waals surface area contributed by atoms with Crippen LogP contribution in [0.4, 0.5) is 4.79 Å². The van der Waals surface area contributed by atoms with E-state index in [2.05, 4.69) is 5.32 Å². The Morgan fingerprint density at radius 1 is 1.29 bits per heavy atom. The van der Waals surface area contributed by atoms with Gasteiger partial charge in [-0.1, -0.05) is 25.1 Å². The van der Waals surface area contributed by atoms with Gasteiger partial charge in [-0.25, -0.2) is 4.79 Å². The standard InChI is InChI=1S/C18H24N2O4/c1-5-19-14(16(21)22)10-12-11-20(17(23)24-18(2,3)4)15-9-7-6-8-13(12)15/h6-9,11,14,19H,5,10H2,1-4H3,(H,21,22). The van der Waals surface area contributed by atoms with Gasteiger partial charge in [0.15, 0.2) is 0 Å². The van der Waals surface area contributed by atoms with Crippen molar-refractivity contribution < 1.29 is 19.4 Å². The summed E-state index contributed by atoms with van der Waals surface area (Å²) in [5.74, 6) is -0.911. The molecule has 0 aliphatic rings. The molecule has 1 atom stereocenters. The molecule has 2 rings (SSSR count). The van der Waals surface area contributed by atoms with Crippen molar-refractivity contribution in [3.05, 3.63) is 36.0 Å². The number of ether oxygens (including phenoxy) is 1. The average Bonchev–Trinajstić information content (AvgIpc) is 2.84. The summed E-state index contributed by atoms with van der Waals surface area (Å²) >= 11 is 0. The molecule has 2 N–H and O–H groups in total.